The number of pyridine rings is 1. The molecule has 120 valence electrons. The van der Waals surface area contributed by atoms with Crippen molar-refractivity contribution in [3.8, 4) is 0 Å². The van der Waals surface area contributed by atoms with E-state index in [2.05, 4.69) is 16.9 Å². The normalized spacial score (nSPS) is 17.4. The maximum Gasteiger partial charge on any atom is 0.263 e. The molecule has 3 N–H and O–H groups in total. The zero-order chi connectivity index (χ0) is 16.6. The van der Waals surface area contributed by atoms with Crippen LogP contribution in [0, 0.1) is 0 Å². The number of nitrogens with one attached hydrogen (secondary N) is 1. The summed E-state index contributed by atoms with van der Waals surface area (Å²) in [4.78, 5) is 31.4. The van der Waals surface area contributed by atoms with E-state index in [1.54, 1.807) is 11.9 Å². The van der Waals surface area contributed by atoms with Crippen molar-refractivity contribution in [2.75, 3.05) is 19.3 Å². The van der Waals surface area contributed by atoms with Gasteiger partial charge in [0.15, 0.2) is 0 Å². The number of hydrogen-bond acceptors (Lipinski definition) is 5. The molecule has 0 radical (unpaired) electrons. The van der Waals surface area contributed by atoms with Gasteiger partial charge in [0.25, 0.3) is 5.91 Å². The highest BCUT2D eigenvalue weighted by atomic mass is 32.1. The summed E-state index contributed by atoms with van der Waals surface area (Å²) in [5.74, 6) is -0.289. The molecule has 0 aromatic carbocycles. The zero-order valence-electron chi connectivity index (χ0n) is 12.8. The van der Waals surface area contributed by atoms with Gasteiger partial charge in [0.2, 0.25) is 5.91 Å². The van der Waals surface area contributed by atoms with Crippen LogP contribution < -0.4 is 11.1 Å². The molecule has 1 saturated heterocycles. The number of rotatable bonds is 3. The monoisotopic (exact) mass is 330 g/mol. The van der Waals surface area contributed by atoms with E-state index in [1.165, 1.54) is 17.4 Å². The highest BCUT2D eigenvalue weighted by Gasteiger charge is 2.30. The summed E-state index contributed by atoms with van der Waals surface area (Å²) in [5, 5.41) is 3.36. The SMILES string of the molecule is C=CC(=O)N1CCCC1c1ccc2c(N)c(C(=O)NC)sc2n1. The molecule has 2 aromatic heterocycles. The van der Waals surface area contributed by atoms with Gasteiger partial charge in [-0.2, -0.15) is 0 Å². The lowest BCUT2D eigenvalue weighted by Gasteiger charge is -2.22. The molecule has 1 unspecified atom stereocenters. The molecule has 1 aliphatic heterocycles. The maximum absolute atomic E-state index is 12.0. The van der Waals surface area contributed by atoms with E-state index in [9.17, 15) is 9.59 Å². The minimum Gasteiger partial charge on any atom is -0.397 e. The largest absolute Gasteiger partial charge is 0.397 e. The van der Waals surface area contributed by atoms with E-state index in [-0.39, 0.29) is 17.9 Å². The molecule has 0 saturated carbocycles. The summed E-state index contributed by atoms with van der Waals surface area (Å²) in [5.41, 5.74) is 7.33. The first-order valence-electron chi connectivity index (χ1n) is 7.40. The predicted molar refractivity (Wildman–Crippen MR) is 91.3 cm³/mol. The predicted octanol–water partition coefficient (Wildman–Crippen LogP) is 2.09. The molecule has 0 bridgehead atoms. The number of anilines is 1. The number of amides is 2. The van der Waals surface area contributed by atoms with Crippen LogP contribution in [-0.2, 0) is 4.79 Å². The number of nitrogen functional groups attached to an aromatic ring is 1. The minimum atomic E-state index is -0.212. The van der Waals surface area contributed by atoms with E-state index < -0.39 is 0 Å². The average Bonchev–Trinajstić information content (AvgIpc) is 3.18. The van der Waals surface area contributed by atoms with Crippen LogP contribution >= 0.6 is 11.3 Å². The number of carbonyl (C=O) groups is 2. The second-order valence-electron chi connectivity index (χ2n) is 5.41. The fraction of sp³-hybridized carbons (Fsp3) is 0.312. The molecule has 0 spiro atoms. The van der Waals surface area contributed by atoms with Gasteiger partial charge in [0.05, 0.1) is 17.4 Å². The molecule has 2 aromatic rings. The summed E-state index contributed by atoms with van der Waals surface area (Å²) in [6.45, 7) is 4.27. The summed E-state index contributed by atoms with van der Waals surface area (Å²) in [6, 6.07) is 3.72. The zero-order valence-corrected chi connectivity index (χ0v) is 13.7. The summed E-state index contributed by atoms with van der Waals surface area (Å²) in [7, 11) is 1.57. The molecule has 3 heterocycles. The molecule has 7 heteroatoms. The van der Waals surface area contributed by atoms with E-state index in [1.807, 2.05) is 12.1 Å². The van der Waals surface area contributed by atoms with Crippen molar-refractivity contribution in [2.24, 2.45) is 0 Å². The van der Waals surface area contributed by atoms with E-state index in [4.69, 9.17) is 5.73 Å². The Morgan fingerprint density at radius 3 is 3.00 bits per heavy atom. The third-order valence-electron chi connectivity index (χ3n) is 4.10. The third-order valence-corrected chi connectivity index (χ3v) is 5.21. The van der Waals surface area contributed by atoms with Crippen molar-refractivity contribution in [1.29, 1.82) is 0 Å². The highest BCUT2D eigenvalue weighted by Crippen LogP contribution is 2.36. The Kier molecular flexibility index (Phi) is 4.04. The van der Waals surface area contributed by atoms with Crippen LogP contribution in [0.2, 0.25) is 0 Å². The van der Waals surface area contributed by atoms with Crippen LogP contribution in [-0.4, -0.2) is 35.3 Å². The Bertz CT molecular complexity index is 799. The van der Waals surface area contributed by atoms with Gasteiger partial charge in [-0.3, -0.25) is 9.59 Å². The standard InChI is InChI=1S/C16H18N4O2S/c1-3-12(21)20-8-4-5-11(20)10-7-6-9-13(17)14(15(22)18-2)23-16(9)19-10/h3,6-7,11H,1,4-5,8,17H2,2H3,(H,18,22). The fourth-order valence-corrected chi connectivity index (χ4v) is 3.98. The van der Waals surface area contributed by atoms with Gasteiger partial charge in [0.1, 0.15) is 9.71 Å². The number of carbonyl (C=O) groups excluding carboxylic acids is 2. The van der Waals surface area contributed by atoms with E-state index >= 15 is 0 Å². The summed E-state index contributed by atoms with van der Waals surface area (Å²) >= 11 is 1.27. The Hall–Kier alpha value is -2.41. The van der Waals surface area contributed by atoms with Crippen LogP contribution in [0.25, 0.3) is 10.2 Å². The van der Waals surface area contributed by atoms with Crippen molar-refractivity contribution < 1.29 is 9.59 Å². The number of nitrogens with zero attached hydrogens (tertiary/aromatic N) is 2. The first kappa shape index (κ1) is 15.5. The first-order valence-corrected chi connectivity index (χ1v) is 8.22. The molecular formula is C16H18N4O2S. The minimum absolute atomic E-state index is 0.0447. The Labute approximate surface area is 138 Å². The Morgan fingerprint density at radius 2 is 2.30 bits per heavy atom. The van der Waals surface area contributed by atoms with Crippen molar-refractivity contribution in [1.82, 2.24) is 15.2 Å². The topological polar surface area (TPSA) is 88.3 Å². The lowest BCUT2D eigenvalue weighted by Crippen LogP contribution is -2.29. The molecule has 1 atom stereocenters. The summed E-state index contributed by atoms with van der Waals surface area (Å²) in [6.07, 6.45) is 3.16. The third kappa shape index (κ3) is 2.57. The Morgan fingerprint density at radius 1 is 1.52 bits per heavy atom. The number of hydrogen-bond donors (Lipinski definition) is 2. The Balaban J connectivity index is 2.01. The molecule has 1 aliphatic rings. The van der Waals surface area contributed by atoms with Crippen LogP contribution in [0.3, 0.4) is 0 Å². The van der Waals surface area contributed by atoms with E-state index in [0.717, 1.165) is 28.8 Å². The van der Waals surface area contributed by atoms with Crippen molar-refractivity contribution in [3.05, 3.63) is 35.4 Å². The smallest absolute Gasteiger partial charge is 0.263 e. The van der Waals surface area contributed by atoms with Gasteiger partial charge in [-0.1, -0.05) is 6.58 Å². The van der Waals surface area contributed by atoms with Gasteiger partial charge in [-0.25, -0.2) is 4.98 Å². The van der Waals surface area contributed by atoms with Gasteiger partial charge in [0, 0.05) is 19.0 Å². The highest BCUT2D eigenvalue weighted by molar-refractivity contribution is 7.21. The quantitative estimate of drug-likeness (QED) is 0.844. The van der Waals surface area contributed by atoms with Crippen molar-refractivity contribution in [3.63, 3.8) is 0 Å². The molecular weight excluding hydrogens is 312 g/mol. The van der Waals surface area contributed by atoms with Gasteiger partial charge < -0.3 is 16.0 Å². The number of likely N-dealkylation sites (tertiary alicyclic amines) is 1. The molecule has 2 amide bonds. The lowest BCUT2D eigenvalue weighted by molar-refractivity contribution is -0.126. The number of aromatic nitrogens is 1. The molecule has 23 heavy (non-hydrogen) atoms. The first-order chi connectivity index (χ1) is 11.1. The van der Waals surface area contributed by atoms with Crippen molar-refractivity contribution in [2.45, 2.75) is 18.9 Å². The maximum atomic E-state index is 12.0. The number of fused-ring (bicyclic) bond motifs is 1. The number of thiophene rings is 1. The van der Waals surface area contributed by atoms with Crippen molar-refractivity contribution >= 4 is 39.1 Å². The lowest BCUT2D eigenvalue weighted by atomic mass is 10.1. The second-order valence-corrected chi connectivity index (χ2v) is 6.41. The van der Waals surface area contributed by atoms with Gasteiger partial charge >= 0.3 is 0 Å². The summed E-state index contributed by atoms with van der Waals surface area (Å²) < 4.78 is 0. The fourth-order valence-electron chi connectivity index (χ4n) is 2.93. The van der Waals surface area contributed by atoms with Crippen LogP contribution in [0.15, 0.2) is 24.8 Å². The number of nitrogens with two attached hydrogens (primary N) is 1. The molecule has 6 nitrogen and oxygen atoms in total. The molecule has 3 rings (SSSR count). The second kappa shape index (κ2) is 6.00. The van der Waals surface area contributed by atoms with Gasteiger partial charge in [-0.05, 0) is 31.1 Å². The van der Waals surface area contributed by atoms with Gasteiger partial charge in [-0.15, -0.1) is 11.3 Å². The van der Waals surface area contributed by atoms with E-state index in [0.29, 0.717) is 17.1 Å². The van der Waals surface area contributed by atoms with Crippen LogP contribution in [0.4, 0.5) is 5.69 Å². The van der Waals surface area contributed by atoms with Crippen LogP contribution in [0.1, 0.15) is 34.2 Å². The average molecular weight is 330 g/mol. The van der Waals surface area contributed by atoms with Crippen LogP contribution in [0.5, 0.6) is 0 Å². The molecule has 0 aliphatic carbocycles. The molecule has 1 fully saturated rings.